The second-order valence-electron chi connectivity index (χ2n) is 5.38. The standard InChI is InChI=1S/C13H19NO3/c1-7-5-8(12(16)17)6-9(10(7)15)11(14)13(2,3)4/h5-6,11,15H,14H2,1-4H3,(H,16,17)/t11-/m0/s1. The number of phenolic OH excluding ortho intramolecular Hbond substituents is 1. The van der Waals surface area contributed by atoms with Gasteiger partial charge in [0, 0.05) is 11.6 Å². The summed E-state index contributed by atoms with van der Waals surface area (Å²) in [5, 5.41) is 19.0. The Balaban J connectivity index is 3.37. The van der Waals surface area contributed by atoms with Crippen LogP contribution in [0.4, 0.5) is 0 Å². The molecule has 1 aromatic rings. The largest absolute Gasteiger partial charge is 0.507 e. The van der Waals surface area contributed by atoms with Crippen LogP contribution in [-0.4, -0.2) is 16.2 Å². The van der Waals surface area contributed by atoms with Crippen molar-refractivity contribution in [3.05, 3.63) is 28.8 Å². The minimum Gasteiger partial charge on any atom is -0.507 e. The molecule has 4 N–H and O–H groups in total. The molecule has 4 nitrogen and oxygen atoms in total. The third kappa shape index (κ3) is 2.77. The monoisotopic (exact) mass is 237 g/mol. The fraction of sp³-hybridized carbons (Fsp3) is 0.462. The van der Waals surface area contributed by atoms with Crippen molar-refractivity contribution < 1.29 is 15.0 Å². The highest BCUT2D eigenvalue weighted by Crippen LogP contribution is 2.37. The van der Waals surface area contributed by atoms with Gasteiger partial charge >= 0.3 is 5.97 Å². The normalized spacial score (nSPS) is 13.5. The van der Waals surface area contributed by atoms with Crippen molar-refractivity contribution in [3.8, 4) is 5.75 Å². The van der Waals surface area contributed by atoms with Gasteiger partial charge in [0.1, 0.15) is 5.75 Å². The minimum atomic E-state index is -1.02. The van der Waals surface area contributed by atoms with Crippen molar-refractivity contribution in [2.75, 3.05) is 0 Å². The predicted molar refractivity (Wildman–Crippen MR) is 66.2 cm³/mol. The zero-order valence-corrected chi connectivity index (χ0v) is 10.6. The molecule has 0 aliphatic carbocycles. The van der Waals surface area contributed by atoms with Crippen LogP contribution in [0.5, 0.6) is 5.75 Å². The molecule has 0 aliphatic heterocycles. The summed E-state index contributed by atoms with van der Waals surface area (Å²) in [4.78, 5) is 11.0. The highest BCUT2D eigenvalue weighted by atomic mass is 16.4. The molecule has 1 rings (SSSR count). The van der Waals surface area contributed by atoms with Gasteiger partial charge in [0.2, 0.25) is 0 Å². The molecule has 0 radical (unpaired) electrons. The van der Waals surface area contributed by atoms with Crippen LogP contribution in [0, 0.1) is 12.3 Å². The van der Waals surface area contributed by atoms with Crippen LogP contribution >= 0.6 is 0 Å². The van der Waals surface area contributed by atoms with Gasteiger partial charge < -0.3 is 15.9 Å². The molecule has 1 atom stereocenters. The maximum atomic E-state index is 11.0. The zero-order chi connectivity index (χ0) is 13.4. The predicted octanol–water partition coefficient (Wildman–Crippen LogP) is 2.44. The fourth-order valence-electron chi connectivity index (χ4n) is 1.63. The van der Waals surface area contributed by atoms with Gasteiger partial charge in [-0.05, 0) is 30.0 Å². The van der Waals surface area contributed by atoms with Crippen molar-refractivity contribution in [1.82, 2.24) is 0 Å². The van der Waals surface area contributed by atoms with Gasteiger partial charge in [0.15, 0.2) is 0 Å². The number of aryl methyl sites for hydroxylation is 1. The Hall–Kier alpha value is -1.55. The van der Waals surface area contributed by atoms with Crippen molar-refractivity contribution in [2.24, 2.45) is 11.1 Å². The number of aromatic hydroxyl groups is 1. The van der Waals surface area contributed by atoms with Crippen molar-refractivity contribution >= 4 is 5.97 Å². The van der Waals surface area contributed by atoms with Crippen LogP contribution in [0.2, 0.25) is 0 Å². The smallest absolute Gasteiger partial charge is 0.335 e. The number of rotatable bonds is 2. The third-order valence-electron chi connectivity index (χ3n) is 2.84. The molecule has 94 valence electrons. The van der Waals surface area contributed by atoms with Gasteiger partial charge in [0.25, 0.3) is 0 Å². The second-order valence-corrected chi connectivity index (χ2v) is 5.38. The Labute approximate surface area is 101 Å². The topological polar surface area (TPSA) is 83.5 Å². The number of hydrogen-bond donors (Lipinski definition) is 3. The molecular formula is C13H19NO3. The minimum absolute atomic E-state index is 0.0809. The van der Waals surface area contributed by atoms with E-state index < -0.39 is 12.0 Å². The van der Waals surface area contributed by atoms with Gasteiger partial charge in [-0.3, -0.25) is 0 Å². The molecule has 0 heterocycles. The maximum Gasteiger partial charge on any atom is 0.335 e. The first kappa shape index (κ1) is 13.5. The summed E-state index contributed by atoms with van der Waals surface area (Å²) in [5.41, 5.74) is 6.97. The van der Waals surface area contributed by atoms with E-state index in [4.69, 9.17) is 10.8 Å². The van der Waals surface area contributed by atoms with Crippen LogP contribution in [-0.2, 0) is 0 Å². The molecule has 0 spiro atoms. The lowest BCUT2D eigenvalue weighted by Crippen LogP contribution is -2.26. The van der Waals surface area contributed by atoms with Gasteiger partial charge in [-0.25, -0.2) is 4.79 Å². The number of carboxylic acid groups (broad SMARTS) is 1. The van der Waals surface area contributed by atoms with Crippen molar-refractivity contribution in [1.29, 1.82) is 0 Å². The summed E-state index contributed by atoms with van der Waals surface area (Å²) < 4.78 is 0. The van der Waals surface area contributed by atoms with Gasteiger partial charge in [0.05, 0.1) is 5.56 Å². The average molecular weight is 237 g/mol. The van der Waals surface area contributed by atoms with Gasteiger partial charge in [-0.15, -0.1) is 0 Å². The van der Waals surface area contributed by atoms with E-state index >= 15 is 0 Å². The number of carbonyl (C=O) groups is 1. The number of aromatic carboxylic acids is 1. The first-order valence-corrected chi connectivity index (χ1v) is 5.47. The molecule has 0 saturated carbocycles. The Morgan fingerprint density at radius 1 is 1.35 bits per heavy atom. The maximum absolute atomic E-state index is 11.0. The molecule has 0 bridgehead atoms. The first-order valence-electron chi connectivity index (χ1n) is 5.47. The van der Waals surface area contributed by atoms with Crippen LogP contribution < -0.4 is 5.73 Å². The van der Waals surface area contributed by atoms with Crippen LogP contribution in [0.1, 0.15) is 48.3 Å². The summed E-state index contributed by atoms with van der Waals surface area (Å²) in [6, 6.07) is 2.47. The van der Waals surface area contributed by atoms with Gasteiger partial charge in [-0.1, -0.05) is 20.8 Å². The first-order chi connectivity index (χ1) is 7.64. The van der Waals surface area contributed by atoms with E-state index in [1.54, 1.807) is 6.92 Å². The molecular weight excluding hydrogens is 218 g/mol. The lowest BCUT2D eigenvalue weighted by atomic mass is 9.81. The zero-order valence-electron chi connectivity index (χ0n) is 10.6. The number of benzene rings is 1. The third-order valence-corrected chi connectivity index (χ3v) is 2.84. The Kier molecular flexibility index (Phi) is 3.48. The van der Waals surface area contributed by atoms with Crippen LogP contribution in [0.15, 0.2) is 12.1 Å². The lowest BCUT2D eigenvalue weighted by Gasteiger charge is -2.28. The van der Waals surface area contributed by atoms with E-state index in [0.717, 1.165) is 0 Å². The molecule has 0 saturated heterocycles. The second kappa shape index (κ2) is 4.37. The molecule has 0 aliphatic rings. The average Bonchev–Trinajstić information content (AvgIpc) is 2.19. The molecule has 17 heavy (non-hydrogen) atoms. The summed E-state index contributed by atoms with van der Waals surface area (Å²) in [6.07, 6.45) is 0. The quantitative estimate of drug-likeness (QED) is 0.737. The lowest BCUT2D eigenvalue weighted by molar-refractivity contribution is 0.0696. The number of carboxylic acids is 1. The Morgan fingerprint density at radius 2 is 1.88 bits per heavy atom. The van der Waals surface area contributed by atoms with E-state index in [-0.39, 0.29) is 16.7 Å². The van der Waals surface area contributed by atoms with E-state index in [1.165, 1.54) is 12.1 Å². The van der Waals surface area contributed by atoms with E-state index in [2.05, 4.69) is 0 Å². The fourth-order valence-corrected chi connectivity index (χ4v) is 1.63. The highest BCUT2D eigenvalue weighted by molar-refractivity contribution is 5.88. The number of hydrogen-bond acceptors (Lipinski definition) is 3. The number of phenols is 1. The van der Waals surface area contributed by atoms with E-state index in [9.17, 15) is 9.90 Å². The highest BCUT2D eigenvalue weighted by Gasteiger charge is 2.26. The molecule has 4 heteroatoms. The van der Waals surface area contributed by atoms with Crippen molar-refractivity contribution in [3.63, 3.8) is 0 Å². The van der Waals surface area contributed by atoms with E-state index in [0.29, 0.717) is 11.1 Å². The molecule has 0 fully saturated rings. The molecule has 1 aromatic carbocycles. The number of nitrogens with two attached hydrogens (primary N) is 1. The van der Waals surface area contributed by atoms with Crippen LogP contribution in [0.25, 0.3) is 0 Å². The molecule has 0 amide bonds. The summed E-state index contributed by atoms with van der Waals surface area (Å²) in [7, 11) is 0. The van der Waals surface area contributed by atoms with Crippen LogP contribution in [0.3, 0.4) is 0 Å². The Morgan fingerprint density at radius 3 is 2.29 bits per heavy atom. The molecule has 0 unspecified atom stereocenters. The summed E-state index contributed by atoms with van der Waals surface area (Å²) >= 11 is 0. The van der Waals surface area contributed by atoms with Gasteiger partial charge in [-0.2, -0.15) is 0 Å². The SMILES string of the molecule is Cc1cc(C(=O)O)cc([C@H](N)C(C)(C)C)c1O. The molecule has 0 aromatic heterocycles. The van der Waals surface area contributed by atoms with E-state index in [1.807, 2.05) is 20.8 Å². The van der Waals surface area contributed by atoms with Crippen molar-refractivity contribution in [2.45, 2.75) is 33.7 Å². The summed E-state index contributed by atoms with van der Waals surface area (Å²) in [5.74, 6) is -0.937. The Bertz CT molecular complexity index is 447. The summed E-state index contributed by atoms with van der Waals surface area (Å²) in [6.45, 7) is 7.50.